The third-order valence-electron chi connectivity index (χ3n) is 5.78. The second kappa shape index (κ2) is 9.42. The fourth-order valence-electron chi connectivity index (χ4n) is 4.18. The van der Waals surface area contributed by atoms with E-state index in [0.717, 1.165) is 24.9 Å². The minimum absolute atomic E-state index is 0.150. The summed E-state index contributed by atoms with van der Waals surface area (Å²) in [6.07, 6.45) is 1.87. The zero-order chi connectivity index (χ0) is 22.7. The average Bonchev–Trinajstić information content (AvgIpc) is 3.19. The fourth-order valence-corrected chi connectivity index (χ4v) is 4.18. The van der Waals surface area contributed by atoms with E-state index in [2.05, 4.69) is 20.8 Å². The Kier molecular flexibility index (Phi) is 6.43. The van der Waals surface area contributed by atoms with Crippen molar-refractivity contribution < 1.29 is 13.6 Å². The first kappa shape index (κ1) is 21.9. The topological polar surface area (TPSA) is 75.9 Å². The molecule has 7 nitrogen and oxygen atoms in total. The number of nitrogens with one attached hydrogen (secondary N) is 1. The lowest BCUT2D eigenvalue weighted by atomic mass is 10.0. The number of tetrazole rings is 1. The van der Waals surface area contributed by atoms with Crippen LogP contribution in [0.25, 0.3) is 0 Å². The number of aryl methyl sites for hydroxylation is 2. The van der Waals surface area contributed by atoms with Gasteiger partial charge in [0.25, 0.3) is 0 Å². The van der Waals surface area contributed by atoms with Gasteiger partial charge in [-0.1, -0.05) is 18.2 Å². The molecule has 1 saturated heterocycles. The van der Waals surface area contributed by atoms with Crippen LogP contribution in [0.3, 0.4) is 0 Å². The summed E-state index contributed by atoms with van der Waals surface area (Å²) in [5.74, 6) is -0.385. The number of anilines is 1. The second-order valence-electron chi connectivity index (χ2n) is 8.27. The number of piperidine rings is 1. The summed E-state index contributed by atoms with van der Waals surface area (Å²) in [6, 6.07) is 10.3. The molecule has 1 amide bonds. The van der Waals surface area contributed by atoms with E-state index < -0.39 is 6.04 Å². The first-order valence-electron chi connectivity index (χ1n) is 10.7. The van der Waals surface area contributed by atoms with Crippen LogP contribution >= 0.6 is 0 Å². The average molecular weight is 440 g/mol. The van der Waals surface area contributed by atoms with Crippen LogP contribution < -0.4 is 10.2 Å². The van der Waals surface area contributed by atoms with E-state index in [0.29, 0.717) is 23.6 Å². The SMILES string of the molecule is Cc1ccc(F)c(N2CCCC(NC(=O)C(Cc3cccc(F)c3)n3nnnc3C)C2)c1. The van der Waals surface area contributed by atoms with Gasteiger partial charge in [0.15, 0.2) is 0 Å². The summed E-state index contributed by atoms with van der Waals surface area (Å²) >= 11 is 0. The fraction of sp³-hybridized carbons (Fsp3) is 0.391. The first-order chi connectivity index (χ1) is 15.4. The van der Waals surface area contributed by atoms with Crippen LogP contribution in [0.15, 0.2) is 42.5 Å². The number of amides is 1. The van der Waals surface area contributed by atoms with Gasteiger partial charge in [-0.2, -0.15) is 0 Å². The highest BCUT2D eigenvalue weighted by Gasteiger charge is 2.29. The second-order valence-corrected chi connectivity index (χ2v) is 8.27. The van der Waals surface area contributed by atoms with E-state index in [1.165, 1.54) is 22.9 Å². The molecule has 0 aliphatic carbocycles. The molecule has 1 fully saturated rings. The Morgan fingerprint density at radius 1 is 1.22 bits per heavy atom. The molecule has 32 heavy (non-hydrogen) atoms. The van der Waals surface area contributed by atoms with Crippen LogP contribution in [-0.2, 0) is 11.2 Å². The molecule has 4 rings (SSSR count). The van der Waals surface area contributed by atoms with Crippen LogP contribution in [0.5, 0.6) is 0 Å². The molecule has 2 aromatic carbocycles. The van der Waals surface area contributed by atoms with Gasteiger partial charge < -0.3 is 10.2 Å². The van der Waals surface area contributed by atoms with E-state index in [-0.39, 0.29) is 30.0 Å². The van der Waals surface area contributed by atoms with E-state index in [1.54, 1.807) is 25.1 Å². The lowest BCUT2D eigenvalue weighted by molar-refractivity contribution is -0.125. The first-order valence-corrected chi connectivity index (χ1v) is 10.7. The lowest BCUT2D eigenvalue weighted by Crippen LogP contribution is -2.50. The van der Waals surface area contributed by atoms with Crippen molar-refractivity contribution in [2.24, 2.45) is 0 Å². The third kappa shape index (κ3) is 4.92. The highest BCUT2D eigenvalue weighted by Crippen LogP contribution is 2.25. The van der Waals surface area contributed by atoms with E-state index in [1.807, 2.05) is 17.9 Å². The third-order valence-corrected chi connectivity index (χ3v) is 5.78. The van der Waals surface area contributed by atoms with Crippen molar-refractivity contribution in [3.63, 3.8) is 0 Å². The summed E-state index contributed by atoms with van der Waals surface area (Å²) in [6.45, 7) is 4.88. The maximum atomic E-state index is 14.4. The Morgan fingerprint density at radius 3 is 2.81 bits per heavy atom. The largest absolute Gasteiger partial charge is 0.367 e. The maximum absolute atomic E-state index is 14.4. The van der Waals surface area contributed by atoms with Crippen molar-refractivity contribution in [1.29, 1.82) is 0 Å². The van der Waals surface area contributed by atoms with Gasteiger partial charge in [0.2, 0.25) is 5.91 Å². The number of hydrogen-bond acceptors (Lipinski definition) is 5. The summed E-state index contributed by atoms with van der Waals surface area (Å²) in [4.78, 5) is 15.3. The quantitative estimate of drug-likeness (QED) is 0.637. The number of nitrogens with zero attached hydrogens (tertiary/aromatic N) is 5. The van der Waals surface area contributed by atoms with Crippen LogP contribution in [0.1, 0.15) is 35.8 Å². The number of rotatable bonds is 6. The Hall–Kier alpha value is -3.36. The molecule has 3 aromatic rings. The van der Waals surface area contributed by atoms with E-state index in [9.17, 15) is 13.6 Å². The van der Waals surface area contributed by atoms with Gasteiger partial charge in [0, 0.05) is 25.6 Å². The van der Waals surface area contributed by atoms with Crippen molar-refractivity contribution in [1.82, 2.24) is 25.5 Å². The smallest absolute Gasteiger partial charge is 0.245 e. The predicted octanol–water partition coefficient (Wildman–Crippen LogP) is 3.14. The molecule has 1 N–H and O–H groups in total. The molecular weight excluding hydrogens is 414 g/mol. The van der Waals surface area contributed by atoms with Gasteiger partial charge in [0.05, 0.1) is 5.69 Å². The number of hydrogen-bond donors (Lipinski definition) is 1. The molecule has 9 heteroatoms. The van der Waals surface area contributed by atoms with Crippen molar-refractivity contribution >= 4 is 11.6 Å². The maximum Gasteiger partial charge on any atom is 0.245 e. The number of halogens is 2. The zero-order valence-electron chi connectivity index (χ0n) is 18.1. The number of aromatic nitrogens is 4. The molecule has 168 valence electrons. The van der Waals surface area contributed by atoms with Gasteiger partial charge >= 0.3 is 0 Å². The highest BCUT2D eigenvalue weighted by atomic mass is 19.1. The van der Waals surface area contributed by atoms with Gasteiger partial charge in [-0.05, 0) is 72.5 Å². The van der Waals surface area contributed by atoms with E-state index >= 15 is 0 Å². The van der Waals surface area contributed by atoms with Gasteiger partial charge in [-0.3, -0.25) is 4.79 Å². The molecule has 1 aromatic heterocycles. The van der Waals surface area contributed by atoms with Gasteiger partial charge in [-0.15, -0.1) is 5.10 Å². The van der Waals surface area contributed by atoms with Gasteiger partial charge in [0.1, 0.15) is 23.5 Å². The molecule has 0 bridgehead atoms. The molecule has 2 unspecified atom stereocenters. The molecule has 2 heterocycles. The van der Waals surface area contributed by atoms with Crippen LogP contribution in [0.2, 0.25) is 0 Å². The lowest BCUT2D eigenvalue weighted by Gasteiger charge is -2.35. The zero-order valence-corrected chi connectivity index (χ0v) is 18.1. The molecule has 2 atom stereocenters. The molecule has 0 saturated carbocycles. The molecule has 1 aliphatic rings. The Bertz CT molecular complexity index is 1100. The molecule has 1 aliphatic heterocycles. The summed E-state index contributed by atoms with van der Waals surface area (Å²) in [5.41, 5.74) is 2.21. The van der Waals surface area contributed by atoms with Crippen LogP contribution in [0.4, 0.5) is 14.5 Å². The molecule has 0 spiro atoms. The van der Waals surface area contributed by atoms with E-state index in [4.69, 9.17) is 0 Å². The molecular formula is C23H26F2N6O. The molecule has 0 radical (unpaired) electrons. The Labute approximate surface area is 185 Å². The number of benzene rings is 2. The van der Waals surface area contributed by atoms with Gasteiger partial charge in [-0.25, -0.2) is 13.5 Å². The summed E-state index contributed by atoms with van der Waals surface area (Å²) in [5, 5.41) is 14.6. The standard InChI is InChI=1S/C23H26F2N6O/c1-15-8-9-20(25)21(11-15)30-10-4-7-19(14-30)26-23(32)22(31-16(2)27-28-29-31)13-17-5-3-6-18(24)12-17/h3,5-6,8-9,11-12,19,22H,4,7,10,13-14H2,1-2H3,(H,26,32). The predicted molar refractivity (Wildman–Crippen MR) is 116 cm³/mol. The van der Waals surface area contributed by atoms with Crippen molar-refractivity contribution in [2.45, 2.75) is 45.2 Å². The Morgan fingerprint density at radius 2 is 2.06 bits per heavy atom. The normalized spacial score (nSPS) is 17.2. The van der Waals surface area contributed by atoms with Crippen LogP contribution in [-0.4, -0.2) is 45.2 Å². The van der Waals surface area contributed by atoms with Crippen molar-refractivity contribution in [3.05, 3.63) is 71.1 Å². The minimum Gasteiger partial charge on any atom is -0.367 e. The summed E-state index contributed by atoms with van der Waals surface area (Å²) < 4.78 is 29.5. The minimum atomic E-state index is -0.724. The van der Waals surface area contributed by atoms with Crippen molar-refractivity contribution in [2.75, 3.05) is 18.0 Å². The number of carbonyl (C=O) groups excluding carboxylic acids is 1. The van der Waals surface area contributed by atoms with Crippen molar-refractivity contribution in [3.8, 4) is 0 Å². The highest BCUT2D eigenvalue weighted by molar-refractivity contribution is 5.81. The van der Waals surface area contributed by atoms with Crippen LogP contribution in [0, 0.1) is 25.5 Å². The Balaban J connectivity index is 1.51. The summed E-state index contributed by atoms with van der Waals surface area (Å²) in [7, 11) is 0. The monoisotopic (exact) mass is 440 g/mol. The number of carbonyl (C=O) groups is 1.